The fourth-order valence-electron chi connectivity index (χ4n) is 3.14. The largest absolute Gasteiger partial charge is 0.376 e. The molecule has 0 bridgehead atoms. The molecule has 2 rings (SSSR count). The van der Waals surface area contributed by atoms with E-state index in [4.69, 9.17) is 0 Å². The summed E-state index contributed by atoms with van der Waals surface area (Å²) >= 11 is 1.78. The first kappa shape index (κ1) is 16.5. The van der Waals surface area contributed by atoms with Crippen molar-refractivity contribution in [2.45, 2.75) is 45.6 Å². The van der Waals surface area contributed by atoms with Gasteiger partial charge in [-0.15, -0.1) is 0 Å². The molecule has 6 heteroatoms. The van der Waals surface area contributed by atoms with Crippen LogP contribution in [0.3, 0.4) is 0 Å². The lowest BCUT2D eigenvalue weighted by atomic mass is 9.77. The van der Waals surface area contributed by atoms with E-state index < -0.39 is 10.7 Å². The predicted molar refractivity (Wildman–Crippen MR) is 90.0 cm³/mol. The minimum absolute atomic E-state index is 0.0473. The van der Waals surface area contributed by atoms with Crippen LogP contribution in [-0.2, 0) is 0 Å². The number of nitro benzene ring substituents is 1. The monoisotopic (exact) mass is 406 g/mol. The number of nitrogens with zero attached hydrogens (tertiary/aromatic N) is 1. The molecule has 1 saturated carbocycles. The van der Waals surface area contributed by atoms with Gasteiger partial charge in [-0.25, -0.2) is 4.39 Å². The fraction of sp³-hybridized carbons (Fsp3) is 0.600. The Morgan fingerprint density at radius 3 is 2.67 bits per heavy atom. The molecule has 0 radical (unpaired) electrons. The minimum atomic E-state index is -0.447. The molecule has 21 heavy (non-hydrogen) atoms. The molecule has 0 aliphatic heterocycles. The van der Waals surface area contributed by atoms with Crippen LogP contribution >= 0.6 is 22.6 Å². The van der Waals surface area contributed by atoms with Gasteiger partial charge in [0.1, 0.15) is 11.5 Å². The third-order valence-electron chi connectivity index (χ3n) is 4.25. The van der Waals surface area contributed by atoms with Crippen LogP contribution in [0.25, 0.3) is 0 Å². The average molecular weight is 406 g/mol. The molecule has 1 aliphatic carbocycles. The van der Waals surface area contributed by atoms with Crippen LogP contribution in [0.5, 0.6) is 0 Å². The van der Waals surface area contributed by atoms with Gasteiger partial charge in [0.2, 0.25) is 0 Å². The van der Waals surface area contributed by atoms with Crippen molar-refractivity contribution >= 4 is 34.0 Å². The van der Waals surface area contributed by atoms with Gasteiger partial charge in [0.05, 0.1) is 8.49 Å². The summed E-state index contributed by atoms with van der Waals surface area (Å²) < 4.78 is 14.0. The first-order chi connectivity index (χ1) is 9.90. The summed E-state index contributed by atoms with van der Waals surface area (Å²) in [5.74, 6) is 0.567. The van der Waals surface area contributed by atoms with Gasteiger partial charge in [0.25, 0.3) is 5.69 Å². The van der Waals surface area contributed by atoms with Gasteiger partial charge in [0, 0.05) is 18.2 Å². The zero-order valence-electron chi connectivity index (χ0n) is 12.2. The van der Waals surface area contributed by atoms with Crippen LogP contribution in [0.15, 0.2) is 12.1 Å². The molecule has 0 heterocycles. The molecule has 1 aromatic carbocycles. The lowest BCUT2D eigenvalue weighted by Gasteiger charge is -2.35. The maximum atomic E-state index is 13.8. The Hall–Kier alpha value is -0.920. The van der Waals surface area contributed by atoms with Crippen molar-refractivity contribution in [2.24, 2.45) is 11.8 Å². The number of halogens is 2. The van der Waals surface area contributed by atoms with Gasteiger partial charge < -0.3 is 5.32 Å². The maximum absolute atomic E-state index is 13.8. The summed E-state index contributed by atoms with van der Waals surface area (Å²) in [6, 6.07) is 2.73. The van der Waals surface area contributed by atoms with Gasteiger partial charge in [-0.3, -0.25) is 10.1 Å². The molecule has 1 aromatic rings. The molecule has 2 atom stereocenters. The van der Waals surface area contributed by atoms with E-state index in [1.807, 2.05) is 0 Å². The molecule has 116 valence electrons. The molecule has 0 saturated heterocycles. The number of nitro groups is 1. The standard InChI is InChI=1S/C15H20FIN2O2/c1-9(2)10-5-3-4-6-13(10)18-14-7-11(16)12(17)8-15(14)19(20)21/h7-10,13,18H,3-6H2,1-2H3. The quantitative estimate of drug-likeness (QED) is 0.437. The number of nitrogens with one attached hydrogen (secondary N) is 1. The number of hydrogen-bond acceptors (Lipinski definition) is 3. The van der Waals surface area contributed by atoms with E-state index in [1.54, 1.807) is 22.6 Å². The highest BCUT2D eigenvalue weighted by Crippen LogP contribution is 2.35. The molecule has 4 nitrogen and oxygen atoms in total. The SMILES string of the molecule is CC(C)C1CCCCC1Nc1cc(F)c(I)cc1[N+](=O)[O-]. The van der Waals surface area contributed by atoms with Crippen molar-refractivity contribution in [3.63, 3.8) is 0 Å². The van der Waals surface area contributed by atoms with Crippen LogP contribution in [0.4, 0.5) is 15.8 Å². The smallest absolute Gasteiger partial charge is 0.293 e. The van der Waals surface area contributed by atoms with E-state index in [1.165, 1.54) is 18.6 Å². The van der Waals surface area contributed by atoms with Crippen LogP contribution in [0.1, 0.15) is 39.5 Å². The van der Waals surface area contributed by atoms with Crippen LogP contribution in [0.2, 0.25) is 0 Å². The number of rotatable bonds is 4. The van der Waals surface area contributed by atoms with Gasteiger partial charge in [-0.05, 0) is 47.3 Å². The molecule has 1 N–H and O–H groups in total. The highest BCUT2D eigenvalue weighted by molar-refractivity contribution is 14.1. The Kier molecular flexibility index (Phi) is 5.40. The first-order valence-electron chi connectivity index (χ1n) is 7.30. The van der Waals surface area contributed by atoms with Gasteiger partial charge in [-0.1, -0.05) is 26.7 Å². The zero-order valence-corrected chi connectivity index (χ0v) is 14.4. The minimum Gasteiger partial charge on any atom is -0.376 e. The van der Waals surface area contributed by atoms with E-state index in [-0.39, 0.29) is 15.3 Å². The van der Waals surface area contributed by atoms with Crippen LogP contribution in [0, 0.1) is 31.3 Å². The Labute approximate surface area is 137 Å². The molecule has 0 spiro atoms. The van der Waals surface area contributed by atoms with E-state index >= 15 is 0 Å². The summed E-state index contributed by atoms with van der Waals surface area (Å²) in [4.78, 5) is 10.7. The molecule has 2 unspecified atom stereocenters. The fourth-order valence-corrected chi connectivity index (χ4v) is 3.59. The number of anilines is 1. The second kappa shape index (κ2) is 6.89. The topological polar surface area (TPSA) is 55.2 Å². The normalized spacial score (nSPS) is 22.3. The number of benzene rings is 1. The predicted octanol–water partition coefficient (Wildman–Crippen LogP) is 4.97. The lowest BCUT2D eigenvalue weighted by molar-refractivity contribution is -0.384. The molecule has 0 amide bonds. The highest BCUT2D eigenvalue weighted by Gasteiger charge is 2.29. The van der Waals surface area contributed by atoms with Gasteiger partial charge in [-0.2, -0.15) is 0 Å². The van der Waals surface area contributed by atoms with Gasteiger partial charge >= 0.3 is 0 Å². The summed E-state index contributed by atoms with van der Waals surface area (Å²) in [5, 5.41) is 14.4. The second-order valence-corrected chi connectivity index (χ2v) is 7.15. The lowest BCUT2D eigenvalue weighted by Crippen LogP contribution is -2.35. The summed E-state index contributed by atoms with van der Waals surface area (Å²) in [7, 11) is 0. The van der Waals surface area contributed by atoms with Crippen molar-refractivity contribution in [1.82, 2.24) is 0 Å². The van der Waals surface area contributed by atoms with Crippen molar-refractivity contribution in [1.29, 1.82) is 0 Å². The van der Waals surface area contributed by atoms with E-state index in [2.05, 4.69) is 19.2 Å². The highest BCUT2D eigenvalue weighted by atomic mass is 127. The van der Waals surface area contributed by atoms with Crippen molar-refractivity contribution < 1.29 is 9.31 Å². The van der Waals surface area contributed by atoms with Crippen molar-refractivity contribution in [3.05, 3.63) is 31.6 Å². The Morgan fingerprint density at radius 2 is 2.05 bits per heavy atom. The second-order valence-electron chi connectivity index (χ2n) is 5.98. The van der Waals surface area contributed by atoms with Crippen molar-refractivity contribution in [3.8, 4) is 0 Å². The maximum Gasteiger partial charge on any atom is 0.293 e. The zero-order chi connectivity index (χ0) is 15.6. The molecular weight excluding hydrogens is 386 g/mol. The molecule has 1 aliphatic rings. The van der Waals surface area contributed by atoms with Crippen molar-refractivity contribution in [2.75, 3.05) is 5.32 Å². The molecule has 0 aromatic heterocycles. The first-order valence-corrected chi connectivity index (χ1v) is 8.38. The molecular formula is C15H20FIN2O2. The molecule has 1 fully saturated rings. The Morgan fingerprint density at radius 1 is 1.38 bits per heavy atom. The van der Waals surface area contributed by atoms with E-state index in [0.29, 0.717) is 17.5 Å². The Bertz CT molecular complexity index is 537. The van der Waals surface area contributed by atoms with E-state index in [9.17, 15) is 14.5 Å². The van der Waals surface area contributed by atoms with Crippen LogP contribution in [-0.4, -0.2) is 11.0 Å². The van der Waals surface area contributed by atoms with Crippen LogP contribution < -0.4 is 5.32 Å². The third kappa shape index (κ3) is 3.84. The summed E-state index contributed by atoms with van der Waals surface area (Å²) in [6.07, 6.45) is 4.41. The average Bonchev–Trinajstić information content (AvgIpc) is 2.42. The number of hydrogen-bond donors (Lipinski definition) is 1. The van der Waals surface area contributed by atoms with E-state index in [0.717, 1.165) is 19.3 Å². The third-order valence-corrected chi connectivity index (χ3v) is 5.08. The Balaban J connectivity index is 2.29. The summed E-state index contributed by atoms with van der Waals surface area (Å²) in [6.45, 7) is 4.35. The summed E-state index contributed by atoms with van der Waals surface area (Å²) in [5.41, 5.74) is 0.254. The van der Waals surface area contributed by atoms with Gasteiger partial charge in [0.15, 0.2) is 0 Å².